The molecular formula is C12H25NO. The molecule has 0 aromatic heterocycles. The standard InChI is InChI=1S/C12H25NO/c1-10(9-11-5-6-11)13-8-7-12(2,3)14-4/h10-11,13H,5-9H2,1-4H3. The van der Waals surface area contributed by atoms with Gasteiger partial charge in [0.25, 0.3) is 0 Å². The van der Waals surface area contributed by atoms with Crippen LogP contribution in [-0.2, 0) is 4.74 Å². The Bertz CT molecular complexity index is 164. The van der Waals surface area contributed by atoms with Crippen molar-refractivity contribution >= 4 is 0 Å². The van der Waals surface area contributed by atoms with E-state index < -0.39 is 0 Å². The van der Waals surface area contributed by atoms with E-state index in [2.05, 4.69) is 26.1 Å². The van der Waals surface area contributed by atoms with Crippen molar-refractivity contribution in [3.05, 3.63) is 0 Å². The Morgan fingerprint density at radius 3 is 2.57 bits per heavy atom. The molecule has 0 aromatic rings. The number of hydrogen-bond donors (Lipinski definition) is 1. The summed E-state index contributed by atoms with van der Waals surface area (Å²) >= 11 is 0. The monoisotopic (exact) mass is 199 g/mol. The zero-order chi connectivity index (χ0) is 10.6. The average molecular weight is 199 g/mol. The van der Waals surface area contributed by atoms with E-state index in [-0.39, 0.29) is 5.60 Å². The summed E-state index contributed by atoms with van der Waals surface area (Å²) in [5, 5.41) is 3.56. The van der Waals surface area contributed by atoms with Crippen LogP contribution in [0.2, 0.25) is 0 Å². The fraction of sp³-hybridized carbons (Fsp3) is 1.00. The van der Waals surface area contributed by atoms with Crippen molar-refractivity contribution in [3.8, 4) is 0 Å². The van der Waals surface area contributed by atoms with Gasteiger partial charge in [0.2, 0.25) is 0 Å². The quantitative estimate of drug-likeness (QED) is 0.680. The van der Waals surface area contributed by atoms with Crippen LogP contribution in [0.15, 0.2) is 0 Å². The highest BCUT2D eigenvalue weighted by atomic mass is 16.5. The Hall–Kier alpha value is -0.0800. The van der Waals surface area contributed by atoms with Gasteiger partial charge in [0.15, 0.2) is 0 Å². The molecule has 2 nitrogen and oxygen atoms in total. The molecule has 0 aromatic carbocycles. The molecule has 1 rings (SSSR count). The van der Waals surface area contributed by atoms with E-state index in [1.165, 1.54) is 19.3 Å². The minimum Gasteiger partial charge on any atom is -0.379 e. The van der Waals surface area contributed by atoms with E-state index in [1.54, 1.807) is 7.11 Å². The maximum Gasteiger partial charge on any atom is 0.0634 e. The van der Waals surface area contributed by atoms with Crippen LogP contribution < -0.4 is 5.32 Å². The lowest BCUT2D eigenvalue weighted by atomic mass is 10.0. The zero-order valence-corrected chi connectivity index (χ0v) is 10.1. The Morgan fingerprint density at radius 2 is 2.07 bits per heavy atom. The van der Waals surface area contributed by atoms with Crippen molar-refractivity contribution in [1.82, 2.24) is 5.32 Å². The van der Waals surface area contributed by atoms with Gasteiger partial charge < -0.3 is 10.1 Å². The van der Waals surface area contributed by atoms with Gasteiger partial charge in [0.1, 0.15) is 0 Å². The first-order valence-corrected chi connectivity index (χ1v) is 5.82. The van der Waals surface area contributed by atoms with Gasteiger partial charge in [-0.15, -0.1) is 0 Å². The summed E-state index contributed by atoms with van der Waals surface area (Å²) in [5.74, 6) is 1.02. The van der Waals surface area contributed by atoms with Crippen molar-refractivity contribution in [2.45, 2.75) is 58.1 Å². The molecule has 0 bridgehead atoms. The second-order valence-electron chi connectivity index (χ2n) is 5.25. The first kappa shape index (κ1) is 12.0. The Balaban J connectivity index is 2.01. The van der Waals surface area contributed by atoms with Gasteiger partial charge in [0.05, 0.1) is 5.60 Å². The van der Waals surface area contributed by atoms with Crippen molar-refractivity contribution < 1.29 is 4.74 Å². The minimum absolute atomic E-state index is 0.0201. The fourth-order valence-corrected chi connectivity index (χ4v) is 1.66. The predicted octanol–water partition coefficient (Wildman–Crippen LogP) is 2.58. The highest BCUT2D eigenvalue weighted by Crippen LogP contribution is 2.33. The third-order valence-electron chi connectivity index (χ3n) is 3.16. The highest BCUT2D eigenvalue weighted by molar-refractivity contribution is 4.78. The average Bonchev–Trinajstić information content (AvgIpc) is 2.88. The van der Waals surface area contributed by atoms with Crippen molar-refractivity contribution in [2.75, 3.05) is 13.7 Å². The summed E-state index contributed by atoms with van der Waals surface area (Å²) in [6, 6.07) is 0.676. The molecule has 0 aliphatic heterocycles. The van der Waals surface area contributed by atoms with Crippen molar-refractivity contribution in [3.63, 3.8) is 0 Å². The summed E-state index contributed by atoms with van der Waals surface area (Å²) in [6.07, 6.45) is 5.34. The second-order valence-corrected chi connectivity index (χ2v) is 5.25. The smallest absolute Gasteiger partial charge is 0.0634 e. The van der Waals surface area contributed by atoms with Crippen LogP contribution in [0, 0.1) is 5.92 Å². The van der Waals surface area contributed by atoms with E-state index >= 15 is 0 Å². The first-order valence-electron chi connectivity index (χ1n) is 5.82. The van der Waals surface area contributed by atoms with Gasteiger partial charge in [-0.25, -0.2) is 0 Å². The summed E-state index contributed by atoms with van der Waals surface area (Å²) < 4.78 is 5.37. The van der Waals surface area contributed by atoms with E-state index in [4.69, 9.17) is 4.74 Å². The molecule has 1 N–H and O–H groups in total. The van der Waals surface area contributed by atoms with Gasteiger partial charge in [-0.2, -0.15) is 0 Å². The second kappa shape index (κ2) is 5.13. The van der Waals surface area contributed by atoms with Gasteiger partial charge in [-0.1, -0.05) is 12.8 Å². The third-order valence-corrected chi connectivity index (χ3v) is 3.16. The Labute approximate surface area is 88.4 Å². The molecule has 0 saturated heterocycles. The Kier molecular flexibility index (Phi) is 4.39. The van der Waals surface area contributed by atoms with Gasteiger partial charge in [-0.3, -0.25) is 0 Å². The number of rotatable bonds is 7. The lowest BCUT2D eigenvalue weighted by molar-refractivity contribution is 0.0154. The zero-order valence-electron chi connectivity index (χ0n) is 10.1. The molecule has 1 fully saturated rings. The highest BCUT2D eigenvalue weighted by Gasteiger charge is 2.23. The van der Waals surface area contributed by atoms with Crippen LogP contribution in [0.3, 0.4) is 0 Å². The molecule has 1 aliphatic carbocycles. The summed E-state index contributed by atoms with van der Waals surface area (Å²) in [4.78, 5) is 0. The van der Waals surface area contributed by atoms with Crippen LogP contribution in [0.5, 0.6) is 0 Å². The third kappa shape index (κ3) is 4.97. The van der Waals surface area contributed by atoms with Crippen LogP contribution in [0.25, 0.3) is 0 Å². The van der Waals surface area contributed by atoms with E-state index in [1.807, 2.05) is 0 Å². The summed E-state index contributed by atoms with van der Waals surface area (Å²) in [7, 11) is 1.79. The van der Waals surface area contributed by atoms with Crippen LogP contribution in [0.4, 0.5) is 0 Å². The predicted molar refractivity (Wildman–Crippen MR) is 60.5 cm³/mol. The maximum absolute atomic E-state index is 5.37. The molecule has 1 saturated carbocycles. The fourth-order valence-electron chi connectivity index (χ4n) is 1.66. The number of hydrogen-bond acceptors (Lipinski definition) is 2. The molecule has 1 unspecified atom stereocenters. The van der Waals surface area contributed by atoms with Crippen molar-refractivity contribution in [1.29, 1.82) is 0 Å². The molecular weight excluding hydrogens is 174 g/mol. The largest absolute Gasteiger partial charge is 0.379 e. The van der Waals surface area contributed by atoms with Crippen LogP contribution in [0.1, 0.15) is 46.5 Å². The molecule has 84 valence electrons. The SMILES string of the molecule is COC(C)(C)CCNC(C)CC1CC1. The topological polar surface area (TPSA) is 21.3 Å². The number of ether oxygens (including phenoxy) is 1. The summed E-state index contributed by atoms with van der Waals surface area (Å²) in [5.41, 5.74) is 0.0201. The van der Waals surface area contributed by atoms with Gasteiger partial charge in [0, 0.05) is 13.2 Å². The molecule has 0 radical (unpaired) electrons. The van der Waals surface area contributed by atoms with Crippen molar-refractivity contribution in [2.24, 2.45) is 5.92 Å². The number of methoxy groups -OCH3 is 1. The molecule has 0 amide bonds. The van der Waals surface area contributed by atoms with Gasteiger partial charge >= 0.3 is 0 Å². The number of nitrogens with one attached hydrogen (secondary N) is 1. The molecule has 2 heteroatoms. The van der Waals surface area contributed by atoms with Crippen LogP contribution in [-0.4, -0.2) is 25.3 Å². The van der Waals surface area contributed by atoms with E-state index in [9.17, 15) is 0 Å². The minimum atomic E-state index is 0.0201. The molecule has 1 atom stereocenters. The summed E-state index contributed by atoms with van der Waals surface area (Å²) in [6.45, 7) is 7.63. The maximum atomic E-state index is 5.37. The van der Waals surface area contributed by atoms with Crippen LogP contribution >= 0.6 is 0 Å². The van der Waals surface area contributed by atoms with E-state index in [0.29, 0.717) is 6.04 Å². The molecule has 0 spiro atoms. The normalized spacial score (nSPS) is 19.7. The molecule has 1 aliphatic rings. The van der Waals surface area contributed by atoms with E-state index in [0.717, 1.165) is 18.9 Å². The molecule has 0 heterocycles. The first-order chi connectivity index (χ1) is 6.53. The molecule has 14 heavy (non-hydrogen) atoms. The lowest BCUT2D eigenvalue weighted by Gasteiger charge is -2.24. The lowest BCUT2D eigenvalue weighted by Crippen LogP contribution is -2.33. The van der Waals surface area contributed by atoms with Gasteiger partial charge in [-0.05, 0) is 46.1 Å². The Morgan fingerprint density at radius 1 is 1.43 bits per heavy atom.